The molecule has 0 amide bonds. The Hall–Kier alpha value is -0.290. The van der Waals surface area contributed by atoms with Gasteiger partial charge >= 0.3 is 6.18 Å². The fourth-order valence-corrected chi connectivity index (χ4v) is 1.67. The van der Waals surface area contributed by atoms with Gasteiger partial charge in [0, 0.05) is 5.54 Å². The van der Waals surface area contributed by atoms with Gasteiger partial charge in [0.05, 0.1) is 6.61 Å². The molecule has 0 aromatic carbocycles. The first kappa shape index (κ1) is 11.8. The lowest BCUT2D eigenvalue weighted by atomic mass is 10.1. The second-order valence-corrected chi connectivity index (χ2v) is 4.03. The van der Waals surface area contributed by atoms with Crippen molar-refractivity contribution in [3.63, 3.8) is 0 Å². The van der Waals surface area contributed by atoms with Gasteiger partial charge in [0.15, 0.2) is 0 Å². The Balaban J connectivity index is 2.14. The van der Waals surface area contributed by atoms with Crippen molar-refractivity contribution in [1.82, 2.24) is 0 Å². The zero-order chi connectivity index (χ0) is 10.8. The Morgan fingerprint density at radius 3 is 2.64 bits per heavy atom. The molecule has 2 unspecified atom stereocenters. The van der Waals surface area contributed by atoms with Gasteiger partial charge in [-0.25, -0.2) is 0 Å². The van der Waals surface area contributed by atoms with Crippen LogP contribution in [-0.2, 0) is 4.74 Å². The summed E-state index contributed by atoms with van der Waals surface area (Å²) in [5, 5.41) is 0. The predicted molar refractivity (Wildman–Crippen MR) is 46.8 cm³/mol. The van der Waals surface area contributed by atoms with E-state index in [-0.39, 0.29) is 6.61 Å². The highest BCUT2D eigenvalue weighted by Gasteiger charge is 2.50. The topological polar surface area (TPSA) is 35.2 Å². The van der Waals surface area contributed by atoms with Crippen LogP contribution in [0.4, 0.5) is 13.2 Å². The van der Waals surface area contributed by atoms with E-state index >= 15 is 0 Å². The first-order valence-corrected chi connectivity index (χ1v) is 4.81. The summed E-state index contributed by atoms with van der Waals surface area (Å²) in [4.78, 5) is 0. The van der Waals surface area contributed by atoms with E-state index < -0.39 is 18.3 Å². The maximum atomic E-state index is 11.7. The summed E-state index contributed by atoms with van der Waals surface area (Å²) >= 11 is 0. The van der Waals surface area contributed by atoms with Gasteiger partial charge in [0.25, 0.3) is 0 Å². The van der Waals surface area contributed by atoms with Crippen molar-refractivity contribution in [3.05, 3.63) is 0 Å². The highest BCUT2D eigenvalue weighted by molar-refractivity contribution is 5.07. The second-order valence-electron chi connectivity index (χ2n) is 4.03. The maximum Gasteiger partial charge on any atom is 0.411 e. The van der Waals surface area contributed by atoms with Gasteiger partial charge in [-0.3, -0.25) is 0 Å². The minimum absolute atomic E-state index is 0.0250. The molecule has 2 nitrogen and oxygen atoms in total. The summed E-state index contributed by atoms with van der Waals surface area (Å²) < 4.78 is 39.7. The van der Waals surface area contributed by atoms with Crippen LogP contribution < -0.4 is 5.73 Å². The molecule has 14 heavy (non-hydrogen) atoms. The monoisotopic (exact) mass is 211 g/mol. The molecule has 0 bridgehead atoms. The minimum atomic E-state index is -4.24. The van der Waals surface area contributed by atoms with Crippen LogP contribution in [-0.4, -0.2) is 24.9 Å². The van der Waals surface area contributed by atoms with E-state index in [2.05, 4.69) is 4.74 Å². The maximum absolute atomic E-state index is 11.7. The van der Waals surface area contributed by atoms with E-state index in [1.165, 1.54) is 0 Å². The summed E-state index contributed by atoms with van der Waals surface area (Å²) in [5.41, 5.74) is 5.33. The Bertz CT molecular complexity index is 195. The summed E-state index contributed by atoms with van der Waals surface area (Å²) in [5.74, 6) is 0.348. The van der Waals surface area contributed by atoms with Crippen LogP contribution in [0.3, 0.4) is 0 Å². The van der Waals surface area contributed by atoms with Crippen molar-refractivity contribution >= 4 is 0 Å². The summed E-state index contributed by atoms with van der Waals surface area (Å²) in [6.07, 6.45) is -1.46. The smallest absolute Gasteiger partial charge is 0.370 e. The van der Waals surface area contributed by atoms with Crippen LogP contribution in [0, 0.1) is 5.92 Å². The summed E-state index contributed by atoms with van der Waals surface area (Å²) in [7, 11) is 0. The molecule has 0 heterocycles. The first-order chi connectivity index (χ1) is 6.37. The average Bonchev–Trinajstić information content (AvgIpc) is 2.59. The van der Waals surface area contributed by atoms with Gasteiger partial charge in [-0.1, -0.05) is 13.3 Å². The van der Waals surface area contributed by atoms with Gasteiger partial charge in [0.2, 0.25) is 0 Å². The van der Waals surface area contributed by atoms with Gasteiger partial charge in [-0.15, -0.1) is 0 Å². The SMILES string of the molecule is CCCC1CC1(N)COCC(F)(F)F. The molecule has 84 valence electrons. The Labute approximate surface area is 81.6 Å². The van der Waals surface area contributed by atoms with Gasteiger partial charge in [-0.2, -0.15) is 13.2 Å². The number of hydrogen-bond acceptors (Lipinski definition) is 2. The largest absolute Gasteiger partial charge is 0.411 e. The van der Waals surface area contributed by atoms with E-state index in [9.17, 15) is 13.2 Å². The van der Waals surface area contributed by atoms with Crippen molar-refractivity contribution in [1.29, 1.82) is 0 Å². The third-order valence-electron chi connectivity index (χ3n) is 2.55. The number of alkyl halides is 3. The number of nitrogens with two attached hydrogens (primary N) is 1. The van der Waals surface area contributed by atoms with Crippen molar-refractivity contribution in [2.75, 3.05) is 13.2 Å². The molecule has 0 aromatic heterocycles. The molecule has 0 aromatic rings. The molecule has 1 fully saturated rings. The van der Waals surface area contributed by atoms with E-state index in [0.717, 1.165) is 19.3 Å². The van der Waals surface area contributed by atoms with Gasteiger partial charge < -0.3 is 10.5 Å². The molecule has 0 aliphatic heterocycles. The Morgan fingerprint density at radius 2 is 2.14 bits per heavy atom. The second kappa shape index (κ2) is 4.06. The fraction of sp³-hybridized carbons (Fsp3) is 1.00. The number of rotatable bonds is 5. The van der Waals surface area contributed by atoms with Crippen LogP contribution in [0.5, 0.6) is 0 Å². The van der Waals surface area contributed by atoms with E-state index in [0.29, 0.717) is 5.92 Å². The fourth-order valence-electron chi connectivity index (χ4n) is 1.67. The molecule has 0 radical (unpaired) electrons. The standard InChI is InChI=1S/C9H16F3NO/c1-2-3-7-4-8(7,13)5-14-6-9(10,11)12/h7H,2-6,13H2,1H3. The van der Waals surface area contributed by atoms with Gasteiger partial charge in [-0.05, 0) is 18.8 Å². The van der Waals surface area contributed by atoms with Crippen LogP contribution in [0.1, 0.15) is 26.2 Å². The molecule has 1 rings (SSSR count). The molecule has 1 saturated carbocycles. The molecule has 0 spiro atoms. The molecular formula is C9H16F3NO. The lowest BCUT2D eigenvalue weighted by molar-refractivity contribution is -0.175. The number of halogens is 3. The molecule has 5 heteroatoms. The van der Waals surface area contributed by atoms with Crippen molar-refractivity contribution in [2.24, 2.45) is 11.7 Å². The van der Waals surface area contributed by atoms with E-state index in [4.69, 9.17) is 5.73 Å². The first-order valence-electron chi connectivity index (χ1n) is 4.81. The Kier molecular flexibility index (Phi) is 3.42. The van der Waals surface area contributed by atoms with Crippen LogP contribution in [0.15, 0.2) is 0 Å². The zero-order valence-corrected chi connectivity index (χ0v) is 8.23. The van der Waals surface area contributed by atoms with Crippen LogP contribution in [0.2, 0.25) is 0 Å². The van der Waals surface area contributed by atoms with Gasteiger partial charge in [0.1, 0.15) is 6.61 Å². The van der Waals surface area contributed by atoms with E-state index in [1.54, 1.807) is 0 Å². The predicted octanol–water partition coefficient (Wildman–Crippen LogP) is 2.08. The number of ether oxygens (including phenoxy) is 1. The molecule has 1 aliphatic carbocycles. The lowest BCUT2D eigenvalue weighted by Crippen LogP contribution is -2.33. The molecule has 1 aliphatic rings. The van der Waals surface area contributed by atoms with Crippen molar-refractivity contribution < 1.29 is 17.9 Å². The molecule has 0 saturated heterocycles. The highest BCUT2D eigenvalue weighted by Crippen LogP contribution is 2.44. The Morgan fingerprint density at radius 1 is 1.50 bits per heavy atom. The normalized spacial score (nSPS) is 31.9. The van der Waals surface area contributed by atoms with E-state index in [1.807, 2.05) is 6.92 Å². The molecular weight excluding hydrogens is 195 g/mol. The third kappa shape index (κ3) is 3.46. The molecule has 2 N–H and O–H groups in total. The lowest BCUT2D eigenvalue weighted by Gasteiger charge is -2.13. The minimum Gasteiger partial charge on any atom is -0.370 e. The summed E-state index contributed by atoms with van der Waals surface area (Å²) in [6, 6.07) is 0. The number of hydrogen-bond donors (Lipinski definition) is 1. The zero-order valence-electron chi connectivity index (χ0n) is 8.23. The quantitative estimate of drug-likeness (QED) is 0.755. The third-order valence-corrected chi connectivity index (χ3v) is 2.55. The summed E-state index contributed by atoms with van der Waals surface area (Å²) in [6.45, 7) is 0.872. The molecule has 2 atom stereocenters. The van der Waals surface area contributed by atoms with Crippen molar-refractivity contribution in [2.45, 2.75) is 37.9 Å². The van der Waals surface area contributed by atoms with Crippen LogP contribution in [0.25, 0.3) is 0 Å². The highest BCUT2D eigenvalue weighted by atomic mass is 19.4. The van der Waals surface area contributed by atoms with Crippen molar-refractivity contribution in [3.8, 4) is 0 Å². The van der Waals surface area contributed by atoms with Crippen LogP contribution >= 0.6 is 0 Å². The average molecular weight is 211 g/mol.